The predicted molar refractivity (Wildman–Crippen MR) is 138 cm³/mol. The molecule has 0 aliphatic carbocycles. The van der Waals surface area contributed by atoms with Gasteiger partial charge in [0.05, 0.1) is 25.4 Å². The van der Waals surface area contributed by atoms with Gasteiger partial charge >= 0.3 is 0 Å². The number of para-hydroxylation sites is 1. The maximum Gasteiger partial charge on any atom is 0.249 e. The summed E-state index contributed by atoms with van der Waals surface area (Å²) in [5.74, 6) is 0.464. The number of carbonyl (C=O) groups is 2. The summed E-state index contributed by atoms with van der Waals surface area (Å²) >= 11 is 0. The molecule has 0 bridgehead atoms. The second kappa shape index (κ2) is 10.8. The lowest BCUT2D eigenvalue weighted by Gasteiger charge is -2.31. The third-order valence-electron chi connectivity index (χ3n) is 5.94. The monoisotopic (exact) mass is 495 g/mol. The molecular formula is C28H25N5O4. The van der Waals surface area contributed by atoms with Crippen LogP contribution in [0.1, 0.15) is 17.4 Å². The fourth-order valence-corrected chi connectivity index (χ4v) is 4.17. The average Bonchev–Trinajstić information content (AvgIpc) is 3.61. The number of furan rings is 1. The molecule has 37 heavy (non-hydrogen) atoms. The summed E-state index contributed by atoms with van der Waals surface area (Å²) in [5.41, 5.74) is 2.56. The van der Waals surface area contributed by atoms with E-state index in [4.69, 9.17) is 9.15 Å². The smallest absolute Gasteiger partial charge is 0.249 e. The lowest BCUT2D eigenvalue weighted by Crippen LogP contribution is -2.45. The fraction of sp³-hybridized carbons (Fsp3) is 0.143. The molecule has 9 heteroatoms. The number of aromatic nitrogens is 3. The minimum absolute atomic E-state index is 0.119. The summed E-state index contributed by atoms with van der Waals surface area (Å²) in [4.78, 5) is 29.2. The molecule has 2 amide bonds. The first kappa shape index (κ1) is 23.8. The summed E-state index contributed by atoms with van der Waals surface area (Å²) in [6.07, 6.45) is 1.55. The standard InChI is InChI=1S/C28H25N5O4/c1-36-22-12-7-11-21(17-22)33(26(34)19-32-25-15-6-5-14-24(25)30-31-32)27(20-9-3-2-4-10-20)28(35)29-18-23-13-8-16-37-23/h2-17,27H,18-19H2,1H3,(H,29,35)/t27-/m0/s1. The second-order valence-corrected chi connectivity index (χ2v) is 8.31. The Morgan fingerprint density at radius 2 is 1.81 bits per heavy atom. The van der Waals surface area contributed by atoms with Gasteiger partial charge < -0.3 is 14.5 Å². The van der Waals surface area contributed by atoms with Crippen molar-refractivity contribution in [2.24, 2.45) is 0 Å². The van der Waals surface area contributed by atoms with Gasteiger partial charge in [0.1, 0.15) is 29.6 Å². The predicted octanol–water partition coefficient (Wildman–Crippen LogP) is 4.12. The first-order valence-corrected chi connectivity index (χ1v) is 11.7. The number of nitrogens with zero attached hydrogens (tertiary/aromatic N) is 4. The zero-order chi connectivity index (χ0) is 25.6. The summed E-state index contributed by atoms with van der Waals surface area (Å²) in [6.45, 7) is 0.0650. The molecule has 5 aromatic rings. The number of benzene rings is 3. The highest BCUT2D eigenvalue weighted by molar-refractivity contribution is 6.01. The maximum absolute atomic E-state index is 14.0. The van der Waals surface area contributed by atoms with E-state index in [1.54, 1.807) is 49.8 Å². The van der Waals surface area contributed by atoms with Crippen LogP contribution in [-0.2, 0) is 22.7 Å². The van der Waals surface area contributed by atoms with Crippen molar-refractivity contribution >= 4 is 28.5 Å². The number of carbonyl (C=O) groups excluding carboxylic acids is 2. The van der Waals surface area contributed by atoms with Gasteiger partial charge in [0.25, 0.3) is 0 Å². The zero-order valence-corrected chi connectivity index (χ0v) is 20.2. The van der Waals surface area contributed by atoms with E-state index < -0.39 is 6.04 Å². The van der Waals surface area contributed by atoms with Gasteiger partial charge in [-0.1, -0.05) is 53.7 Å². The molecular weight excluding hydrogens is 470 g/mol. The Hall–Kier alpha value is -4.92. The molecule has 3 aromatic carbocycles. The summed E-state index contributed by atoms with van der Waals surface area (Å²) in [6, 6.07) is 26.2. The van der Waals surface area contributed by atoms with Crippen molar-refractivity contribution in [3.05, 3.63) is 109 Å². The summed E-state index contributed by atoms with van der Waals surface area (Å²) in [7, 11) is 1.55. The van der Waals surface area contributed by atoms with Crippen LogP contribution in [0.4, 0.5) is 5.69 Å². The molecule has 0 saturated heterocycles. The minimum Gasteiger partial charge on any atom is -0.497 e. The molecule has 186 valence electrons. The number of hydrogen-bond acceptors (Lipinski definition) is 6. The van der Waals surface area contributed by atoms with Gasteiger partial charge in [0.2, 0.25) is 11.8 Å². The van der Waals surface area contributed by atoms with Crippen LogP contribution in [0.25, 0.3) is 11.0 Å². The highest BCUT2D eigenvalue weighted by atomic mass is 16.5. The normalized spacial score (nSPS) is 11.7. The van der Waals surface area contributed by atoms with Crippen LogP contribution in [0.5, 0.6) is 5.75 Å². The summed E-state index contributed by atoms with van der Waals surface area (Å²) < 4.78 is 12.3. The maximum atomic E-state index is 14.0. The van der Waals surface area contributed by atoms with Crippen LogP contribution in [0.15, 0.2) is 102 Å². The highest BCUT2D eigenvalue weighted by Gasteiger charge is 2.33. The number of hydrogen-bond donors (Lipinski definition) is 1. The molecule has 9 nitrogen and oxygen atoms in total. The SMILES string of the molecule is COc1cccc(N(C(=O)Cn2nnc3ccccc32)[C@H](C(=O)NCc2ccco2)c2ccccc2)c1. The molecule has 0 saturated carbocycles. The van der Waals surface area contributed by atoms with Gasteiger partial charge in [-0.25, -0.2) is 4.68 Å². The van der Waals surface area contributed by atoms with E-state index >= 15 is 0 Å². The van der Waals surface area contributed by atoms with E-state index in [9.17, 15) is 9.59 Å². The minimum atomic E-state index is -0.967. The first-order valence-electron chi connectivity index (χ1n) is 11.7. The van der Waals surface area contributed by atoms with E-state index in [1.165, 1.54) is 9.58 Å². The van der Waals surface area contributed by atoms with Crippen LogP contribution in [0, 0.1) is 0 Å². The lowest BCUT2D eigenvalue weighted by molar-refractivity contribution is -0.127. The van der Waals surface area contributed by atoms with Gasteiger partial charge in [-0.2, -0.15) is 0 Å². The van der Waals surface area contributed by atoms with Crippen LogP contribution < -0.4 is 15.0 Å². The number of rotatable bonds is 9. The van der Waals surface area contributed by atoms with Crippen molar-refractivity contribution in [2.45, 2.75) is 19.1 Å². The van der Waals surface area contributed by atoms with Gasteiger partial charge in [0.15, 0.2) is 0 Å². The van der Waals surface area contributed by atoms with Gasteiger partial charge in [-0.3, -0.25) is 14.5 Å². The molecule has 2 aromatic heterocycles. The fourth-order valence-electron chi connectivity index (χ4n) is 4.17. The van der Waals surface area contributed by atoms with Crippen molar-refractivity contribution in [2.75, 3.05) is 12.0 Å². The van der Waals surface area contributed by atoms with E-state index in [1.807, 2.05) is 54.6 Å². The van der Waals surface area contributed by atoms with E-state index in [-0.39, 0.29) is 24.9 Å². The number of fused-ring (bicyclic) bond motifs is 1. The van der Waals surface area contributed by atoms with Crippen LogP contribution >= 0.6 is 0 Å². The Bertz CT molecular complexity index is 1500. The molecule has 0 radical (unpaired) electrons. The molecule has 1 N–H and O–H groups in total. The molecule has 1 atom stereocenters. The molecule has 2 heterocycles. The van der Waals surface area contributed by atoms with Crippen LogP contribution in [-0.4, -0.2) is 33.9 Å². The zero-order valence-electron chi connectivity index (χ0n) is 20.2. The Labute approximate surface area is 213 Å². The van der Waals surface area contributed by atoms with E-state index in [2.05, 4.69) is 15.6 Å². The number of anilines is 1. The van der Waals surface area contributed by atoms with Gasteiger partial charge in [0, 0.05) is 11.8 Å². The van der Waals surface area contributed by atoms with E-state index in [0.29, 0.717) is 28.3 Å². The van der Waals surface area contributed by atoms with Gasteiger partial charge in [-0.05, 0) is 42.0 Å². The molecule has 0 fully saturated rings. The molecule has 0 unspecified atom stereocenters. The first-order chi connectivity index (χ1) is 18.1. The molecule has 5 rings (SSSR count). The van der Waals surface area contributed by atoms with E-state index in [0.717, 1.165) is 5.52 Å². The van der Waals surface area contributed by atoms with Crippen molar-refractivity contribution in [3.8, 4) is 5.75 Å². The van der Waals surface area contributed by atoms with Crippen LogP contribution in [0.2, 0.25) is 0 Å². The third kappa shape index (κ3) is 5.20. The molecule has 0 aliphatic rings. The van der Waals surface area contributed by atoms with Crippen molar-refractivity contribution in [3.63, 3.8) is 0 Å². The van der Waals surface area contributed by atoms with Crippen molar-refractivity contribution in [1.82, 2.24) is 20.3 Å². The van der Waals surface area contributed by atoms with Gasteiger partial charge in [-0.15, -0.1) is 5.10 Å². The number of ether oxygens (including phenoxy) is 1. The highest BCUT2D eigenvalue weighted by Crippen LogP contribution is 2.31. The lowest BCUT2D eigenvalue weighted by atomic mass is 10.0. The average molecular weight is 496 g/mol. The molecule has 0 aliphatic heterocycles. The topological polar surface area (TPSA) is 102 Å². The Kier molecular flexibility index (Phi) is 6.93. The Balaban J connectivity index is 1.55. The van der Waals surface area contributed by atoms with Crippen LogP contribution in [0.3, 0.4) is 0 Å². The Morgan fingerprint density at radius 1 is 1.00 bits per heavy atom. The largest absolute Gasteiger partial charge is 0.497 e. The number of nitrogens with one attached hydrogen (secondary N) is 1. The Morgan fingerprint density at radius 3 is 2.59 bits per heavy atom. The second-order valence-electron chi connectivity index (χ2n) is 8.31. The quantitative estimate of drug-likeness (QED) is 0.330. The molecule has 0 spiro atoms. The summed E-state index contributed by atoms with van der Waals surface area (Å²) in [5, 5.41) is 11.2. The number of methoxy groups -OCH3 is 1. The third-order valence-corrected chi connectivity index (χ3v) is 5.94. The number of amides is 2. The van der Waals surface area contributed by atoms with Crippen molar-refractivity contribution in [1.29, 1.82) is 0 Å². The van der Waals surface area contributed by atoms with Crippen molar-refractivity contribution < 1.29 is 18.7 Å².